The van der Waals surface area contributed by atoms with E-state index < -0.39 is 8.07 Å². The maximum Gasteiger partial charge on any atom is 0.259 e. The summed E-state index contributed by atoms with van der Waals surface area (Å²) in [4.78, 5) is 2.65. The van der Waals surface area contributed by atoms with Crippen molar-refractivity contribution in [2.24, 2.45) is 0 Å². The largest absolute Gasteiger partial charge is 0.310 e. The number of benzene rings is 6. The zero-order valence-electron chi connectivity index (χ0n) is 30.6. The van der Waals surface area contributed by atoms with Gasteiger partial charge in [-0.2, -0.15) is 0 Å². The normalized spacial score (nSPS) is 16.0. The van der Waals surface area contributed by atoms with Crippen molar-refractivity contribution in [3.05, 3.63) is 144 Å². The molecule has 7 aromatic rings. The third-order valence-corrected chi connectivity index (χ3v) is 17.1. The van der Waals surface area contributed by atoms with E-state index in [0.29, 0.717) is 0 Å². The summed E-state index contributed by atoms with van der Waals surface area (Å²) in [6, 6.07) is 49.1. The molecule has 0 atom stereocenters. The fourth-order valence-electron chi connectivity index (χ4n) is 9.55. The third-order valence-electron chi connectivity index (χ3n) is 12.3. The number of hydrogen-bond acceptors (Lipinski definition) is 2. The molecule has 0 unspecified atom stereocenters. The summed E-state index contributed by atoms with van der Waals surface area (Å²) in [5.41, 5.74) is 16.5. The van der Waals surface area contributed by atoms with E-state index in [1.54, 1.807) is 10.4 Å². The van der Waals surface area contributed by atoms with E-state index in [1.165, 1.54) is 81.8 Å². The molecule has 3 aliphatic rings. The minimum atomic E-state index is -2.07. The predicted molar refractivity (Wildman–Crippen MR) is 226 cm³/mol. The smallest absolute Gasteiger partial charge is 0.259 e. The number of rotatable bonds is 2. The minimum absolute atomic E-state index is 0.0408. The highest BCUT2D eigenvalue weighted by atomic mass is 32.1. The van der Waals surface area contributed by atoms with Crippen LogP contribution in [-0.4, -0.2) is 14.8 Å². The van der Waals surface area contributed by atoms with E-state index in [2.05, 4.69) is 180 Å². The average molecular weight is 692 g/mol. The summed E-state index contributed by atoms with van der Waals surface area (Å²) < 4.78 is 2.85. The highest BCUT2D eigenvalue weighted by Gasteiger charge is 2.49. The summed E-state index contributed by atoms with van der Waals surface area (Å²) in [7, 11) is -2.07. The number of nitrogens with zero attached hydrogens (tertiary/aromatic N) is 1. The fourth-order valence-corrected chi connectivity index (χ4v) is 14.1. The second-order valence-electron chi connectivity index (χ2n) is 17.0. The van der Waals surface area contributed by atoms with Gasteiger partial charge in [-0.05, 0) is 80.2 Å². The molecule has 1 nitrogen and oxygen atoms in total. The first-order valence-corrected chi connectivity index (χ1v) is 22.2. The van der Waals surface area contributed by atoms with Crippen LogP contribution in [0.1, 0.15) is 51.3 Å². The van der Waals surface area contributed by atoms with Crippen LogP contribution in [0.2, 0.25) is 13.1 Å². The first-order valence-electron chi connectivity index (χ1n) is 18.4. The lowest BCUT2D eigenvalue weighted by Crippen LogP contribution is -2.77. The quantitative estimate of drug-likeness (QED) is 0.163. The molecule has 4 heteroatoms. The Hall–Kier alpha value is -4.64. The molecule has 6 aromatic carbocycles. The molecule has 0 spiro atoms. The lowest BCUT2D eigenvalue weighted by Gasteiger charge is -2.44. The van der Waals surface area contributed by atoms with Gasteiger partial charge in [-0.15, -0.1) is 11.3 Å². The van der Waals surface area contributed by atoms with Gasteiger partial charge in [-0.3, -0.25) is 0 Å². The van der Waals surface area contributed by atoms with Crippen molar-refractivity contribution >= 4 is 79.3 Å². The van der Waals surface area contributed by atoms with Gasteiger partial charge in [0.05, 0.1) is 5.69 Å². The molecule has 10 rings (SSSR count). The molecular weight excluding hydrogens is 649 g/mol. The summed E-state index contributed by atoms with van der Waals surface area (Å²) >= 11 is 2.03. The van der Waals surface area contributed by atoms with Gasteiger partial charge in [-0.25, -0.2) is 0 Å². The summed E-state index contributed by atoms with van der Waals surface area (Å²) in [6.45, 7) is 17.1. The number of thiophene rings is 1. The van der Waals surface area contributed by atoms with Gasteiger partial charge < -0.3 is 4.90 Å². The van der Waals surface area contributed by atoms with Crippen LogP contribution in [0.25, 0.3) is 32.3 Å². The van der Waals surface area contributed by atoms with Crippen LogP contribution >= 0.6 is 11.3 Å². The van der Waals surface area contributed by atoms with Crippen molar-refractivity contribution < 1.29 is 0 Å². The van der Waals surface area contributed by atoms with Crippen LogP contribution < -0.4 is 31.0 Å². The van der Waals surface area contributed by atoms with E-state index >= 15 is 0 Å². The second-order valence-corrected chi connectivity index (χ2v) is 22.4. The van der Waals surface area contributed by atoms with Crippen molar-refractivity contribution in [3.63, 3.8) is 0 Å². The topological polar surface area (TPSA) is 3.24 Å². The molecule has 2 aliphatic heterocycles. The van der Waals surface area contributed by atoms with Crippen molar-refractivity contribution in [3.8, 4) is 22.3 Å². The summed E-state index contributed by atoms with van der Waals surface area (Å²) in [5, 5.41) is 4.50. The van der Waals surface area contributed by atoms with E-state index in [0.717, 1.165) is 0 Å². The molecule has 248 valence electrons. The molecular formula is C47H42BNSSi. The van der Waals surface area contributed by atoms with E-state index in [1.807, 2.05) is 11.3 Å². The molecule has 0 amide bonds. The van der Waals surface area contributed by atoms with Crippen molar-refractivity contribution in [2.45, 2.75) is 58.5 Å². The Morgan fingerprint density at radius 3 is 2.14 bits per heavy atom. The van der Waals surface area contributed by atoms with Crippen LogP contribution in [-0.2, 0) is 10.8 Å². The number of fused-ring (bicyclic) bond motifs is 9. The number of hydrogen-bond donors (Lipinski definition) is 0. The third kappa shape index (κ3) is 4.27. The highest BCUT2D eigenvalue weighted by molar-refractivity contribution is 7.35. The average Bonchev–Trinajstić information content (AvgIpc) is 3.60. The van der Waals surface area contributed by atoms with Crippen LogP contribution in [0.4, 0.5) is 17.1 Å². The molecule has 0 fully saturated rings. The van der Waals surface area contributed by atoms with Gasteiger partial charge in [0.1, 0.15) is 8.07 Å². The Kier molecular flexibility index (Phi) is 6.39. The first-order chi connectivity index (χ1) is 24.4. The first kappa shape index (κ1) is 31.1. The maximum absolute atomic E-state index is 2.65. The SMILES string of the molecule is CC(C)(C)c1ccc(N2c3cc(-c4ccccc4)cc4c3B(c3ccccc3[Si]4(C)C)c3sc4cc5c(cc4c32)-c2ccccc2C5(C)C)cc1. The highest BCUT2D eigenvalue weighted by Crippen LogP contribution is 2.53. The molecule has 51 heavy (non-hydrogen) atoms. The summed E-state index contributed by atoms with van der Waals surface area (Å²) in [6.07, 6.45) is 0. The van der Waals surface area contributed by atoms with Crippen molar-refractivity contribution in [1.82, 2.24) is 0 Å². The zero-order valence-corrected chi connectivity index (χ0v) is 32.4. The lowest BCUT2D eigenvalue weighted by molar-refractivity contribution is 0.590. The van der Waals surface area contributed by atoms with Gasteiger partial charge in [0.25, 0.3) is 6.71 Å². The van der Waals surface area contributed by atoms with Gasteiger partial charge in [0, 0.05) is 31.7 Å². The van der Waals surface area contributed by atoms with Crippen LogP contribution in [0, 0.1) is 0 Å². The fraction of sp³-hybridized carbons (Fsp3) is 0.191. The van der Waals surface area contributed by atoms with E-state index in [9.17, 15) is 0 Å². The maximum atomic E-state index is 2.65. The molecule has 0 N–H and O–H groups in total. The second kappa shape index (κ2) is 10.5. The molecule has 0 bridgehead atoms. The molecule has 0 saturated carbocycles. The lowest BCUT2D eigenvalue weighted by atomic mass is 9.37. The standard InChI is InChI=1S/C47H42BNSSi/c1-46(2,3)31-21-23-32(24-22-31)49-39-25-30(29-15-9-8-10-16-29)26-42-43(39)48(38-19-13-14-20-41(38)51(42,6)7)45-44(49)35-27-34-33-17-11-12-18-36(33)47(4,5)37(34)28-40(35)50-45/h8-28H,1-7H3. The Labute approximate surface area is 307 Å². The zero-order chi connectivity index (χ0) is 35.0. The summed E-state index contributed by atoms with van der Waals surface area (Å²) in [5.74, 6) is 0. The van der Waals surface area contributed by atoms with Crippen molar-refractivity contribution in [1.29, 1.82) is 0 Å². The number of anilines is 3. The van der Waals surface area contributed by atoms with Crippen LogP contribution in [0.5, 0.6) is 0 Å². The van der Waals surface area contributed by atoms with Gasteiger partial charge in [0.2, 0.25) is 0 Å². The predicted octanol–water partition coefficient (Wildman–Crippen LogP) is 9.61. The van der Waals surface area contributed by atoms with Gasteiger partial charge in [0.15, 0.2) is 0 Å². The molecule has 1 aromatic heterocycles. The Balaban J connectivity index is 1.34. The van der Waals surface area contributed by atoms with Crippen LogP contribution in [0.3, 0.4) is 0 Å². The Morgan fingerprint density at radius 1 is 0.667 bits per heavy atom. The molecule has 3 heterocycles. The Bertz CT molecular complexity index is 2570. The Morgan fingerprint density at radius 2 is 1.37 bits per heavy atom. The van der Waals surface area contributed by atoms with Gasteiger partial charge in [-0.1, -0.05) is 161 Å². The molecule has 0 saturated heterocycles. The molecule has 1 aliphatic carbocycles. The van der Waals surface area contributed by atoms with Crippen molar-refractivity contribution in [2.75, 3.05) is 4.90 Å². The monoisotopic (exact) mass is 691 g/mol. The van der Waals surface area contributed by atoms with E-state index in [-0.39, 0.29) is 17.5 Å². The van der Waals surface area contributed by atoms with E-state index in [4.69, 9.17) is 0 Å². The molecule has 0 radical (unpaired) electrons. The van der Waals surface area contributed by atoms with Gasteiger partial charge >= 0.3 is 0 Å². The van der Waals surface area contributed by atoms with Crippen LogP contribution in [0.15, 0.2) is 127 Å². The minimum Gasteiger partial charge on any atom is -0.310 e.